The minimum absolute atomic E-state index is 0.108. The van der Waals surface area contributed by atoms with Crippen LogP contribution in [0.3, 0.4) is 0 Å². The van der Waals surface area contributed by atoms with E-state index in [2.05, 4.69) is 242 Å². The number of hydrogen-bond acceptors (Lipinski definition) is 11. The summed E-state index contributed by atoms with van der Waals surface area (Å²) in [5, 5.41) is 17.7. The fourth-order valence-electron chi connectivity index (χ4n) is 14.1. The van der Waals surface area contributed by atoms with Crippen LogP contribution in [-0.4, -0.2) is 73.4 Å². The van der Waals surface area contributed by atoms with Crippen LogP contribution in [0.4, 0.5) is 39.5 Å². The maximum absolute atomic E-state index is 10.4. The number of hydrogen-bond donors (Lipinski definition) is 0. The summed E-state index contributed by atoms with van der Waals surface area (Å²) in [7, 11) is 0. The third-order valence-electron chi connectivity index (χ3n) is 20.2. The first-order valence-corrected chi connectivity index (χ1v) is 41.5. The highest BCUT2D eigenvalue weighted by Gasteiger charge is 2.26. The Morgan fingerprint density at radius 3 is 0.651 bits per heavy atom. The predicted molar refractivity (Wildman–Crippen MR) is 499 cm³/mol. The van der Waals surface area contributed by atoms with E-state index in [0.717, 1.165) is 146 Å². The maximum atomic E-state index is 10.4. The number of alkyl halides is 9. The van der Waals surface area contributed by atoms with E-state index in [1.54, 1.807) is 0 Å². The lowest BCUT2D eigenvalue weighted by atomic mass is 9.86. The molecule has 0 radical (unpaired) electrons. The number of benzene rings is 14. The van der Waals surface area contributed by atoms with Crippen molar-refractivity contribution in [2.75, 3.05) is 0 Å². The molecule has 5 heterocycles. The Labute approximate surface area is 741 Å². The molecule has 0 spiro atoms. The minimum Gasteiger partial charge on any atom is -0.416 e. The molecule has 0 atom stereocenters. The molecule has 0 amide bonds. The number of para-hydroxylation sites is 7. The molecular formula is C108H88F9N11O. The van der Waals surface area contributed by atoms with Gasteiger partial charge in [-0.2, -0.15) is 39.5 Å². The van der Waals surface area contributed by atoms with Gasteiger partial charge in [-0.1, -0.05) is 321 Å². The molecule has 0 bridgehead atoms. The van der Waals surface area contributed by atoms with Gasteiger partial charge in [-0.3, -0.25) is 4.57 Å². The first-order valence-electron chi connectivity index (χ1n) is 41.5. The lowest BCUT2D eigenvalue weighted by Gasteiger charge is -2.19. The van der Waals surface area contributed by atoms with E-state index in [1.165, 1.54) is 27.8 Å². The van der Waals surface area contributed by atoms with E-state index in [4.69, 9.17) is 34.3 Å². The zero-order chi connectivity index (χ0) is 91.0. The third-order valence-corrected chi connectivity index (χ3v) is 20.2. The Bertz CT molecular complexity index is 6550. The number of nitrogens with zero attached hydrogens (tertiary/aromatic N) is 11. The van der Waals surface area contributed by atoms with Crippen LogP contribution in [-0.2, 0) is 10.8 Å². The first-order chi connectivity index (χ1) is 61.8. The zero-order valence-electron chi connectivity index (χ0n) is 71.9. The van der Waals surface area contributed by atoms with Gasteiger partial charge in [0, 0.05) is 82.1 Å². The summed E-state index contributed by atoms with van der Waals surface area (Å²) >= 11 is 0. The molecule has 0 saturated heterocycles. The van der Waals surface area contributed by atoms with E-state index in [9.17, 15) is 39.5 Å². The van der Waals surface area contributed by atoms with Gasteiger partial charge in [-0.05, 0) is 135 Å². The molecular weight excluding hydrogens is 1640 g/mol. The Morgan fingerprint density at radius 1 is 0.202 bits per heavy atom. The van der Waals surface area contributed by atoms with Crippen molar-refractivity contribution in [1.29, 1.82) is 0 Å². The van der Waals surface area contributed by atoms with Crippen LogP contribution in [0.1, 0.15) is 73.4 Å². The molecule has 0 saturated carbocycles. The summed E-state index contributed by atoms with van der Waals surface area (Å²) < 4.78 is 101. The molecule has 0 aliphatic rings. The summed E-state index contributed by atoms with van der Waals surface area (Å²) in [6, 6.07) is 126. The standard InChI is InChI=1S/C48H30N6.C30H27N3.C24H22N2O.3C2H3F3/c1-4-16-31(17-5-1)43-46(52-40-25-13-10-22-37(40)49-43)34-28-35(47-44(32-18-6-2-7-19-32)50-38-23-11-14-26-41(38)53-47)30-36(29-34)48-45(33-20-8-3-9-21-33)51-39-24-12-15-27-42(39)54-48;1-30(2,3)26-20-18-25(19-21-26)29-32-31-28(33(29)27-12-8-5-9-13-27)24-16-14-23(15-17-24)22-10-6-4-7-11-22;1-24(2,3)21-15-13-20(14-16-21)23-26-25-22(27-23)19-11-9-18(10-12-19)17-7-5-4-6-8-17;3*1-2(3,4)5/h1-30H;4-21H,1-3H3;4-16H,1-3H3;3*1H3. The minimum atomic E-state index is -4.00. The van der Waals surface area contributed by atoms with Gasteiger partial charge >= 0.3 is 18.5 Å². The molecule has 19 aromatic rings. The average molecular weight is 1730 g/mol. The fraction of sp³-hybridized carbons (Fsp3) is 0.130. The summed E-state index contributed by atoms with van der Waals surface area (Å²) in [5.74, 6) is 2.74. The molecule has 0 unspecified atom stereocenters. The smallest absolute Gasteiger partial charge is 0.386 e. The van der Waals surface area contributed by atoms with Crippen molar-refractivity contribution < 1.29 is 43.9 Å². The van der Waals surface area contributed by atoms with E-state index >= 15 is 0 Å². The molecule has 5 aromatic heterocycles. The SMILES string of the molecule is CC(C)(C)c1ccc(-c2nnc(-c3ccc(-c4ccccc4)cc3)n2-c2ccccc2)cc1.CC(C)(C)c1ccc(-c2nnc(-c3ccc(-c4ccccc4)cc3)o2)cc1.CC(F)(F)F.CC(F)(F)F.CC(F)(F)F.c1ccc(-c2nc3ccccc3nc2-c2cc(-c3nc4ccccc4nc3-c3ccccc3)cc(-c3nc4ccccc4nc3-c3ccccc3)c2)cc1. The van der Waals surface area contributed by atoms with Gasteiger partial charge in [0.15, 0.2) is 11.6 Å². The second-order valence-electron chi connectivity index (χ2n) is 32.4. The molecule has 129 heavy (non-hydrogen) atoms. The quantitative estimate of drug-likeness (QED) is 0.102. The lowest BCUT2D eigenvalue weighted by molar-refractivity contribution is -0.111. The predicted octanol–water partition coefficient (Wildman–Crippen LogP) is 30.2. The maximum Gasteiger partial charge on any atom is 0.386 e. The second-order valence-corrected chi connectivity index (χ2v) is 32.4. The Balaban J connectivity index is 0.000000153. The molecule has 14 aromatic carbocycles. The van der Waals surface area contributed by atoms with Gasteiger partial charge in [-0.25, -0.2) is 29.9 Å². The van der Waals surface area contributed by atoms with Crippen molar-refractivity contribution in [3.8, 4) is 141 Å². The van der Waals surface area contributed by atoms with Crippen LogP contribution < -0.4 is 0 Å². The van der Waals surface area contributed by atoms with Gasteiger partial charge in [0.1, 0.15) is 0 Å². The summed E-state index contributed by atoms with van der Waals surface area (Å²) in [5.41, 5.74) is 27.6. The fourth-order valence-corrected chi connectivity index (χ4v) is 14.1. The summed E-state index contributed by atoms with van der Waals surface area (Å²) in [4.78, 5) is 31.6. The van der Waals surface area contributed by atoms with Gasteiger partial charge < -0.3 is 4.42 Å². The van der Waals surface area contributed by atoms with Crippen molar-refractivity contribution in [2.45, 2.75) is 91.7 Å². The highest BCUT2D eigenvalue weighted by molar-refractivity contribution is 5.95. The largest absolute Gasteiger partial charge is 0.416 e. The molecule has 0 N–H and O–H groups in total. The topological polar surface area (TPSA) is 147 Å². The highest BCUT2D eigenvalue weighted by atomic mass is 19.4. The van der Waals surface area contributed by atoms with Crippen LogP contribution in [0.15, 0.2) is 374 Å². The normalized spacial score (nSPS) is 11.5. The van der Waals surface area contributed by atoms with Gasteiger partial charge in [-0.15, -0.1) is 20.4 Å². The third kappa shape index (κ3) is 24.1. The van der Waals surface area contributed by atoms with Crippen LogP contribution in [0.5, 0.6) is 0 Å². The van der Waals surface area contributed by atoms with Gasteiger partial charge in [0.2, 0.25) is 11.8 Å². The monoisotopic (exact) mass is 1730 g/mol. The number of fused-ring (bicyclic) bond motifs is 3. The second kappa shape index (κ2) is 39.5. The summed E-state index contributed by atoms with van der Waals surface area (Å²) in [6.45, 7) is 13.8. The van der Waals surface area contributed by atoms with Crippen molar-refractivity contribution in [3.63, 3.8) is 0 Å². The zero-order valence-corrected chi connectivity index (χ0v) is 71.9. The molecule has 0 aliphatic heterocycles. The van der Waals surface area contributed by atoms with E-state index in [1.807, 2.05) is 194 Å². The number of aromatic nitrogens is 11. The Kier molecular flexibility index (Phi) is 27.6. The van der Waals surface area contributed by atoms with Crippen molar-refractivity contribution in [2.24, 2.45) is 0 Å². The van der Waals surface area contributed by atoms with Crippen molar-refractivity contribution in [1.82, 2.24) is 54.9 Å². The highest BCUT2D eigenvalue weighted by Crippen LogP contribution is 2.43. The molecule has 12 nitrogen and oxygen atoms in total. The van der Waals surface area contributed by atoms with Crippen LogP contribution >= 0.6 is 0 Å². The van der Waals surface area contributed by atoms with Crippen molar-refractivity contribution in [3.05, 3.63) is 381 Å². The molecule has 0 aliphatic carbocycles. The van der Waals surface area contributed by atoms with E-state index in [-0.39, 0.29) is 31.6 Å². The van der Waals surface area contributed by atoms with Crippen LogP contribution in [0, 0.1) is 0 Å². The Hall–Kier alpha value is -15.3. The van der Waals surface area contributed by atoms with Crippen LogP contribution in [0.2, 0.25) is 0 Å². The van der Waals surface area contributed by atoms with Crippen molar-refractivity contribution >= 4 is 33.1 Å². The van der Waals surface area contributed by atoms with E-state index in [0.29, 0.717) is 11.8 Å². The Morgan fingerprint density at radius 2 is 0.395 bits per heavy atom. The molecule has 21 heteroatoms. The van der Waals surface area contributed by atoms with Gasteiger partial charge in [0.25, 0.3) is 0 Å². The van der Waals surface area contributed by atoms with E-state index < -0.39 is 18.5 Å². The van der Waals surface area contributed by atoms with Gasteiger partial charge in [0.05, 0.1) is 67.3 Å². The molecule has 19 rings (SSSR count). The van der Waals surface area contributed by atoms with Crippen LogP contribution in [0.25, 0.3) is 174 Å². The lowest BCUT2D eigenvalue weighted by Crippen LogP contribution is -2.10. The number of rotatable bonds is 13. The molecule has 0 fully saturated rings. The average Bonchev–Trinajstić information content (AvgIpc) is 0.848. The number of halogens is 9. The summed E-state index contributed by atoms with van der Waals surface area (Å²) in [6.07, 6.45) is -12.0. The first kappa shape index (κ1) is 90.0. The molecule has 644 valence electrons.